The van der Waals surface area contributed by atoms with Crippen molar-refractivity contribution in [2.24, 2.45) is 0 Å². The van der Waals surface area contributed by atoms with Gasteiger partial charge >= 0.3 is 0 Å². The summed E-state index contributed by atoms with van der Waals surface area (Å²) in [6, 6.07) is 16.5. The van der Waals surface area contributed by atoms with Gasteiger partial charge < -0.3 is 0 Å². The summed E-state index contributed by atoms with van der Waals surface area (Å²) < 4.78 is 0. The summed E-state index contributed by atoms with van der Waals surface area (Å²) >= 11 is 1.74. The van der Waals surface area contributed by atoms with Gasteiger partial charge in [-0.1, -0.05) is 49.4 Å². The molecule has 0 fully saturated rings. The Balaban J connectivity index is 2.20. The third-order valence-electron chi connectivity index (χ3n) is 3.07. The lowest BCUT2D eigenvalue weighted by Gasteiger charge is -2.09. The van der Waals surface area contributed by atoms with Crippen LogP contribution < -0.4 is 0 Å². The minimum Gasteiger partial charge on any atom is -0.294 e. The van der Waals surface area contributed by atoms with Gasteiger partial charge in [0, 0.05) is 16.2 Å². The molecule has 19 heavy (non-hydrogen) atoms. The van der Waals surface area contributed by atoms with Gasteiger partial charge in [-0.05, 0) is 30.5 Å². The number of hydrogen-bond donors (Lipinski definition) is 0. The topological polar surface area (TPSA) is 17.1 Å². The summed E-state index contributed by atoms with van der Waals surface area (Å²) in [6.07, 6.45) is 0.997. The molecule has 1 nitrogen and oxygen atoms in total. The first-order chi connectivity index (χ1) is 9.20. The van der Waals surface area contributed by atoms with E-state index in [1.54, 1.807) is 18.7 Å². The van der Waals surface area contributed by atoms with E-state index in [0.717, 1.165) is 22.6 Å². The van der Waals surface area contributed by atoms with Gasteiger partial charge in [-0.2, -0.15) is 0 Å². The molecule has 0 aliphatic rings. The van der Waals surface area contributed by atoms with Gasteiger partial charge in [0.25, 0.3) is 0 Å². The molecule has 2 heteroatoms. The summed E-state index contributed by atoms with van der Waals surface area (Å²) in [7, 11) is 0. The SMILES string of the molecule is CCc1ccc(C(C)=O)c(SCc2ccccc2)c1. The number of hydrogen-bond acceptors (Lipinski definition) is 2. The number of ketones is 1. The van der Waals surface area contributed by atoms with Crippen molar-refractivity contribution in [2.75, 3.05) is 0 Å². The predicted octanol–water partition coefficient (Wildman–Crippen LogP) is 4.74. The van der Waals surface area contributed by atoms with Crippen LogP contribution in [-0.2, 0) is 12.2 Å². The zero-order valence-electron chi connectivity index (χ0n) is 11.3. The van der Waals surface area contributed by atoms with Crippen LogP contribution in [0.25, 0.3) is 0 Å². The van der Waals surface area contributed by atoms with Gasteiger partial charge in [0.2, 0.25) is 0 Å². The van der Waals surface area contributed by atoms with E-state index in [-0.39, 0.29) is 5.78 Å². The van der Waals surface area contributed by atoms with E-state index in [4.69, 9.17) is 0 Å². The van der Waals surface area contributed by atoms with Crippen LogP contribution in [0.1, 0.15) is 35.3 Å². The minimum atomic E-state index is 0.137. The van der Waals surface area contributed by atoms with Crippen LogP contribution in [0.4, 0.5) is 0 Å². The Bertz CT molecular complexity index is 561. The zero-order chi connectivity index (χ0) is 13.7. The first kappa shape index (κ1) is 13.9. The maximum Gasteiger partial charge on any atom is 0.160 e. The van der Waals surface area contributed by atoms with E-state index < -0.39 is 0 Å². The maximum absolute atomic E-state index is 11.7. The van der Waals surface area contributed by atoms with Crippen LogP contribution in [0.5, 0.6) is 0 Å². The smallest absolute Gasteiger partial charge is 0.160 e. The Morgan fingerprint density at radius 3 is 2.42 bits per heavy atom. The molecule has 0 heterocycles. The highest BCUT2D eigenvalue weighted by atomic mass is 32.2. The number of carbonyl (C=O) groups is 1. The largest absolute Gasteiger partial charge is 0.294 e. The van der Waals surface area contributed by atoms with Crippen LogP contribution in [0.3, 0.4) is 0 Å². The van der Waals surface area contributed by atoms with Crippen LogP contribution in [0.15, 0.2) is 53.4 Å². The van der Waals surface area contributed by atoms with Crippen molar-refractivity contribution >= 4 is 17.5 Å². The van der Waals surface area contributed by atoms with E-state index in [1.807, 2.05) is 30.3 Å². The van der Waals surface area contributed by atoms with Gasteiger partial charge in [-0.3, -0.25) is 4.79 Å². The average Bonchev–Trinajstić information content (AvgIpc) is 2.45. The number of benzene rings is 2. The fraction of sp³-hybridized carbons (Fsp3) is 0.235. The Morgan fingerprint density at radius 1 is 1.05 bits per heavy atom. The number of thioether (sulfide) groups is 1. The molecule has 0 atom stereocenters. The molecule has 2 aromatic rings. The highest BCUT2D eigenvalue weighted by Crippen LogP contribution is 2.28. The lowest BCUT2D eigenvalue weighted by atomic mass is 10.1. The Kier molecular flexibility index (Phi) is 4.80. The first-order valence-corrected chi connectivity index (χ1v) is 7.50. The van der Waals surface area contributed by atoms with Gasteiger partial charge in [0.1, 0.15) is 0 Å². The third kappa shape index (κ3) is 3.71. The third-order valence-corrected chi connectivity index (χ3v) is 4.20. The van der Waals surface area contributed by atoms with E-state index in [9.17, 15) is 4.79 Å². The molecular weight excluding hydrogens is 252 g/mol. The lowest BCUT2D eigenvalue weighted by molar-refractivity contribution is 0.101. The second kappa shape index (κ2) is 6.58. The summed E-state index contributed by atoms with van der Waals surface area (Å²) in [5.74, 6) is 1.03. The Labute approximate surface area is 119 Å². The molecule has 0 aromatic heterocycles. The van der Waals surface area contributed by atoms with Gasteiger partial charge in [-0.15, -0.1) is 11.8 Å². The quantitative estimate of drug-likeness (QED) is 0.576. The fourth-order valence-electron chi connectivity index (χ4n) is 1.93. The summed E-state index contributed by atoms with van der Waals surface area (Å²) in [5, 5.41) is 0. The van der Waals surface area contributed by atoms with Gasteiger partial charge in [0.15, 0.2) is 5.78 Å². The number of carbonyl (C=O) groups excluding carboxylic acids is 1. The van der Waals surface area contributed by atoms with E-state index in [2.05, 4.69) is 25.1 Å². The Hall–Kier alpha value is -1.54. The van der Waals surface area contributed by atoms with Crippen LogP contribution in [0, 0.1) is 0 Å². The van der Waals surface area contributed by atoms with Crippen LogP contribution in [-0.4, -0.2) is 5.78 Å². The van der Waals surface area contributed by atoms with Crippen LogP contribution in [0.2, 0.25) is 0 Å². The van der Waals surface area contributed by atoms with Crippen molar-refractivity contribution in [3.05, 3.63) is 65.2 Å². The van der Waals surface area contributed by atoms with Gasteiger partial charge in [-0.25, -0.2) is 0 Å². The molecule has 0 saturated heterocycles. The molecular formula is C17H18OS. The molecule has 98 valence electrons. The maximum atomic E-state index is 11.7. The van der Waals surface area contributed by atoms with Crippen molar-refractivity contribution in [1.82, 2.24) is 0 Å². The highest BCUT2D eigenvalue weighted by Gasteiger charge is 2.08. The number of Topliss-reactive ketones (excluding diaryl/α,β-unsaturated/α-hetero) is 1. The second-order valence-electron chi connectivity index (χ2n) is 4.51. The number of aryl methyl sites for hydroxylation is 1. The predicted molar refractivity (Wildman–Crippen MR) is 81.8 cm³/mol. The summed E-state index contributed by atoms with van der Waals surface area (Å²) in [6.45, 7) is 3.77. The first-order valence-electron chi connectivity index (χ1n) is 6.51. The Morgan fingerprint density at radius 2 is 1.79 bits per heavy atom. The second-order valence-corrected chi connectivity index (χ2v) is 5.53. The molecule has 2 rings (SSSR count). The van der Waals surface area contributed by atoms with Crippen molar-refractivity contribution in [3.63, 3.8) is 0 Å². The van der Waals surface area contributed by atoms with Crippen molar-refractivity contribution in [1.29, 1.82) is 0 Å². The summed E-state index contributed by atoms with van der Waals surface area (Å²) in [5.41, 5.74) is 3.39. The van der Waals surface area contributed by atoms with Crippen molar-refractivity contribution < 1.29 is 4.79 Å². The molecule has 0 spiro atoms. The van der Waals surface area contributed by atoms with Gasteiger partial charge in [0.05, 0.1) is 0 Å². The molecule has 0 saturated carbocycles. The molecule has 0 amide bonds. The van der Waals surface area contributed by atoms with Crippen molar-refractivity contribution in [3.8, 4) is 0 Å². The molecule has 0 aliphatic carbocycles. The van der Waals surface area contributed by atoms with Crippen molar-refractivity contribution in [2.45, 2.75) is 30.9 Å². The number of rotatable bonds is 5. The fourth-order valence-corrected chi connectivity index (χ4v) is 3.05. The normalized spacial score (nSPS) is 10.4. The average molecular weight is 270 g/mol. The van der Waals surface area contributed by atoms with E-state index in [0.29, 0.717) is 0 Å². The van der Waals surface area contributed by atoms with E-state index >= 15 is 0 Å². The molecule has 0 radical (unpaired) electrons. The highest BCUT2D eigenvalue weighted by molar-refractivity contribution is 7.98. The molecule has 0 aliphatic heterocycles. The molecule has 0 bridgehead atoms. The zero-order valence-corrected chi connectivity index (χ0v) is 12.2. The van der Waals surface area contributed by atoms with Crippen LogP contribution >= 0.6 is 11.8 Å². The standard InChI is InChI=1S/C17H18OS/c1-3-14-9-10-16(13(2)18)17(11-14)19-12-15-7-5-4-6-8-15/h4-11H,3,12H2,1-2H3. The minimum absolute atomic E-state index is 0.137. The van der Waals surface area contributed by atoms with E-state index in [1.165, 1.54) is 11.1 Å². The monoisotopic (exact) mass is 270 g/mol. The molecule has 2 aromatic carbocycles. The summed E-state index contributed by atoms with van der Waals surface area (Å²) in [4.78, 5) is 12.8. The molecule has 0 unspecified atom stereocenters. The molecule has 0 N–H and O–H groups in total. The lowest BCUT2D eigenvalue weighted by Crippen LogP contribution is -1.97.